The molecule has 1 nitrogen and oxygen atoms in total. The van der Waals surface area contributed by atoms with Crippen molar-refractivity contribution < 1.29 is 4.79 Å². The number of hydrogen-bond acceptors (Lipinski definition) is 1. The van der Waals surface area contributed by atoms with Gasteiger partial charge in [-0.1, -0.05) is 28.1 Å². The van der Waals surface area contributed by atoms with Crippen molar-refractivity contribution in [1.82, 2.24) is 0 Å². The van der Waals surface area contributed by atoms with Gasteiger partial charge < -0.3 is 0 Å². The number of Topliss-reactive ketones (excluding diaryl/α,β-unsaturated/α-hetero) is 1. The Morgan fingerprint density at radius 1 is 1.07 bits per heavy atom. The standard InChI is InChI=1S/C12H13BrO/c13-11-5-1-9(2-6-11)10-3-7-12(14)8-4-10/h1-2,5-6,10H,3-4,7-8H2. The van der Waals surface area contributed by atoms with Gasteiger partial charge in [0.15, 0.2) is 0 Å². The molecule has 0 bridgehead atoms. The molecule has 14 heavy (non-hydrogen) atoms. The number of halogens is 1. The van der Waals surface area contributed by atoms with Gasteiger partial charge in [-0.3, -0.25) is 4.79 Å². The van der Waals surface area contributed by atoms with Crippen LogP contribution in [-0.4, -0.2) is 5.78 Å². The number of carbonyl (C=O) groups excluding carboxylic acids is 1. The maximum absolute atomic E-state index is 11.1. The SMILES string of the molecule is O=C1CCC(c2ccc(Br)cc2)CC1. The highest BCUT2D eigenvalue weighted by atomic mass is 79.9. The Balaban J connectivity index is 2.08. The monoisotopic (exact) mass is 252 g/mol. The molecule has 0 unspecified atom stereocenters. The zero-order valence-corrected chi connectivity index (χ0v) is 9.59. The normalized spacial score (nSPS) is 18.5. The first-order valence-electron chi connectivity index (χ1n) is 5.03. The van der Waals surface area contributed by atoms with Crippen LogP contribution in [0.3, 0.4) is 0 Å². The summed E-state index contributed by atoms with van der Waals surface area (Å²) in [5.74, 6) is 1.03. The zero-order valence-electron chi connectivity index (χ0n) is 8.00. The molecule has 0 atom stereocenters. The van der Waals surface area contributed by atoms with Crippen LogP contribution in [0.25, 0.3) is 0 Å². The van der Waals surface area contributed by atoms with E-state index in [1.165, 1.54) is 5.56 Å². The van der Waals surface area contributed by atoms with Crippen molar-refractivity contribution in [3.63, 3.8) is 0 Å². The van der Waals surface area contributed by atoms with Gasteiger partial charge in [-0.05, 0) is 36.5 Å². The largest absolute Gasteiger partial charge is 0.300 e. The second kappa shape index (κ2) is 4.26. The van der Waals surface area contributed by atoms with E-state index >= 15 is 0 Å². The van der Waals surface area contributed by atoms with E-state index in [-0.39, 0.29) is 0 Å². The second-order valence-corrected chi connectivity index (χ2v) is 4.78. The van der Waals surface area contributed by atoms with E-state index in [0.717, 1.165) is 30.2 Å². The highest BCUT2D eigenvalue weighted by molar-refractivity contribution is 9.10. The van der Waals surface area contributed by atoms with Gasteiger partial charge in [0.1, 0.15) is 5.78 Å². The maximum Gasteiger partial charge on any atom is 0.132 e. The van der Waals surface area contributed by atoms with Crippen molar-refractivity contribution in [3.05, 3.63) is 34.3 Å². The van der Waals surface area contributed by atoms with Crippen molar-refractivity contribution in [2.24, 2.45) is 0 Å². The smallest absolute Gasteiger partial charge is 0.132 e. The average Bonchev–Trinajstić information content (AvgIpc) is 2.21. The third-order valence-electron chi connectivity index (χ3n) is 2.88. The molecule has 1 fully saturated rings. The Kier molecular flexibility index (Phi) is 3.02. The van der Waals surface area contributed by atoms with Gasteiger partial charge in [0.05, 0.1) is 0 Å². The first-order valence-corrected chi connectivity index (χ1v) is 5.82. The lowest BCUT2D eigenvalue weighted by atomic mass is 9.83. The summed E-state index contributed by atoms with van der Waals surface area (Å²) in [4.78, 5) is 11.1. The molecule has 0 amide bonds. The number of hydrogen-bond donors (Lipinski definition) is 0. The Morgan fingerprint density at radius 3 is 2.21 bits per heavy atom. The van der Waals surface area contributed by atoms with E-state index in [4.69, 9.17) is 0 Å². The fourth-order valence-corrected chi connectivity index (χ4v) is 2.27. The number of ketones is 1. The van der Waals surface area contributed by atoms with Gasteiger partial charge in [-0.25, -0.2) is 0 Å². The van der Waals surface area contributed by atoms with Crippen molar-refractivity contribution in [3.8, 4) is 0 Å². The summed E-state index contributed by atoms with van der Waals surface area (Å²) in [5.41, 5.74) is 1.38. The highest BCUT2D eigenvalue weighted by Crippen LogP contribution is 2.31. The number of benzene rings is 1. The van der Waals surface area contributed by atoms with Crippen molar-refractivity contribution in [2.75, 3.05) is 0 Å². The molecular formula is C12H13BrO. The predicted octanol–water partition coefficient (Wildman–Crippen LogP) is 3.68. The summed E-state index contributed by atoms with van der Waals surface area (Å²) in [6.45, 7) is 0. The average molecular weight is 253 g/mol. The minimum absolute atomic E-state index is 0.429. The molecule has 0 aromatic heterocycles. The molecule has 1 aromatic carbocycles. The number of rotatable bonds is 1. The fourth-order valence-electron chi connectivity index (χ4n) is 2.01. The molecule has 0 N–H and O–H groups in total. The van der Waals surface area contributed by atoms with E-state index in [0.29, 0.717) is 11.7 Å². The van der Waals surface area contributed by atoms with Crippen LogP contribution >= 0.6 is 15.9 Å². The van der Waals surface area contributed by atoms with Crippen LogP contribution in [0.1, 0.15) is 37.2 Å². The molecule has 1 aliphatic carbocycles. The maximum atomic E-state index is 11.1. The van der Waals surface area contributed by atoms with Gasteiger partial charge >= 0.3 is 0 Å². The van der Waals surface area contributed by atoms with E-state index in [2.05, 4.69) is 40.2 Å². The quantitative estimate of drug-likeness (QED) is 0.746. The van der Waals surface area contributed by atoms with Gasteiger partial charge in [-0.2, -0.15) is 0 Å². The van der Waals surface area contributed by atoms with Gasteiger partial charge in [-0.15, -0.1) is 0 Å². The minimum atomic E-state index is 0.429. The molecule has 2 rings (SSSR count). The van der Waals surface area contributed by atoms with Crippen LogP contribution in [0.5, 0.6) is 0 Å². The number of carbonyl (C=O) groups is 1. The Bertz CT molecular complexity index is 319. The highest BCUT2D eigenvalue weighted by Gasteiger charge is 2.19. The zero-order chi connectivity index (χ0) is 9.97. The van der Waals surface area contributed by atoms with Gasteiger partial charge in [0.25, 0.3) is 0 Å². The molecular weight excluding hydrogens is 240 g/mol. The molecule has 2 heteroatoms. The molecule has 1 saturated carbocycles. The molecule has 74 valence electrons. The van der Waals surface area contributed by atoms with Gasteiger partial charge in [0, 0.05) is 17.3 Å². The topological polar surface area (TPSA) is 17.1 Å². The summed E-state index contributed by atoms with van der Waals surface area (Å²) < 4.78 is 1.12. The Hall–Kier alpha value is -0.630. The third kappa shape index (κ3) is 2.24. The minimum Gasteiger partial charge on any atom is -0.300 e. The summed E-state index contributed by atoms with van der Waals surface area (Å²) in [6, 6.07) is 8.46. The Morgan fingerprint density at radius 2 is 1.64 bits per heavy atom. The van der Waals surface area contributed by atoms with Crippen molar-refractivity contribution in [2.45, 2.75) is 31.6 Å². The van der Waals surface area contributed by atoms with E-state index in [1.807, 2.05) is 0 Å². The van der Waals surface area contributed by atoms with Crippen LogP contribution in [0.4, 0.5) is 0 Å². The van der Waals surface area contributed by atoms with Crippen LogP contribution in [0.2, 0.25) is 0 Å². The summed E-state index contributed by atoms with van der Waals surface area (Å²) in [7, 11) is 0. The molecule has 0 aliphatic heterocycles. The Labute approximate surface area is 92.6 Å². The van der Waals surface area contributed by atoms with Gasteiger partial charge in [0.2, 0.25) is 0 Å². The lowest BCUT2D eigenvalue weighted by molar-refractivity contribution is -0.120. The third-order valence-corrected chi connectivity index (χ3v) is 3.41. The van der Waals surface area contributed by atoms with E-state index < -0.39 is 0 Å². The summed E-state index contributed by atoms with van der Waals surface area (Å²) >= 11 is 3.42. The van der Waals surface area contributed by atoms with Crippen LogP contribution in [0, 0.1) is 0 Å². The van der Waals surface area contributed by atoms with Crippen LogP contribution in [-0.2, 0) is 4.79 Å². The molecule has 0 spiro atoms. The lowest BCUT2D eigenvalue weighted by Crippen LogP contribution is -2.12. The van der Waals surface area contributed by atoms with E-state index in [1.54, 1.807) is 0 Å². The summed E-state index contributed by atoms with van der Waals surface area (Å²) in [5, 5.41) is 0. The summed E-state index contributed by atoms with van der Waals surface area (Å²) in [6.07, 6.45) is 3.59. The molecule has 0 radical (unpaired) electrons. The molecule has 0 heterocycles. The molecule has 0 saturated heterocycles. The van der Waals surface area contributed by atoms with Crippen LogP contribution < -0.4 is 0 Å². The van der Waals surface area contributed by atoms with E-state index in [9.17, 15) is 4.79 Å². The first kappa shape index (κ1) is 9.91. The molecule has 1 aromatic rings. The second-order valence-electron chi connectivity index (χ2n) is 3.86. The predicted molar refractivity (Wildman–Crippen MR) is 60.4 cm³/mol. The fraction of sp³-hybridized carbons (Fsp3) is 0.417. The molecule has 1 aliphatic rings. The first-order chi connectivity index (χ1) is 6.75. The van der Waals surface area contributed by atoms with Crippen molar-refractivity contribution in [1.29, 1.82) is 0 Å². The van der Waals surface area contributed by atoms with Crippen molar-refractivity contribution >= 4 is 21.7 Å². The van der Waals surface area contributed by atoms with Crippen LogP contribution in [0.15, 0.2) is 28.7 Å². The lowest BCUT2D eigenvalue weighted by Gasteiger charge is -2.21.